The number of ether oxygens (including phenoxy) is 1. The van der Waals surface area contributed by atoms with Crippen molar-refractivity contribution in [1.82, 2.24) is 10.2 Å². The Morgan fingerprint density at radius 1 is 1.53 bits per heavy atom. The minimum atomic E-state index is -0.0381. The molecule has 100 valence electrons. The molecule has 1 aliphatic heterocycles. The van der Waals surface area contributed by atoms with Gasteiger partial charge in [-0.25, -0.2) is 0 Å². The zero-order chi connectivity index (χ0) is 12.7. The molecule has 1 rings (SSSR count). The van der Waals surface area contributed by atoms with Crippen molar-refractivity contribution in [2.24, 2.45) is 5.92 Å². The second-order valence-corrected chi connectivity index (χ2v) is 4.92. The molecule has 0 aromatic rings. The van der Waals surface area contributed by atoms with Crippen molar-refractivity contribution >= 4 is 5.97 Å². The Kier molecular flexibility index (Phi) is 6.52. The van der Waals surface area contributed by atoms with Crippen LogP contribution < -0.4 is 5.32 Å². The normalized spacial score (nSPS) is 23.4. The van der Waals surface area contributed by atoms with Crippen molar-refractivity contribution in [2.45, 2.75) is 39.2 Å². The minimum absolute atomic E-state index is 0.0111. The summed E-state index contributed by atoms with van der Waals surface area (Å²) in [5.74, 6) is 0.527. The molecule has 0 bridgehead atoms. The monoisotopic (exact) mass is 242 g/mol. The van der Waals surface area contributed by atoms with Gasteiger partial charge in [-0.15, -0.1) is 0 Å². The number of piperidine rings is 1. The van der Waals surface area contributed by atoms with E-state index < -0.39 is 0 Å². The molecule has 0 radical (unpaired) electrons. The van der Waals surface area contributed by atoms with Crippen LogP contribution in [0.5, 0.6) is 0 Å². The fourth-order valence-electron chi connectivity index (χ4n) is 2.53. The lowest BCUT2D eigenvalue weighted by Gasteiger charge is -2.35. The lowest BCUT2D eigenvalue weighted by molar-refractivity contribution is -0.151. The van der Waals surface area contributed by atoms with Crippen LogP contribution in [0.4, 0.5) is 0 Å². The zero-order valence-electron chi connectivity index (χ0n) is 11.4. The van der Waals surface area contributed by atoms with E-state index in [4.69, 9.17) is 4.74 Å². The number of nitrogens with one attached hydrogen (secondary N) is 1. The van der Waals surface area contributed by atoms with E-state index in [1.165, 1.54) is 6.42 Å². The number of hydrogen-bond acceptors (Lipinski definition) is 4. The molecule has 0 aliphatic carbocycles. The van der Waals surface area contributed by atoms with Gasteiger partial charge in [0.15, 0.2) is 0 Å². The van der Waals surface area contributed by atoms with E-state index in [0.29, 0.717) is 12.5 Å². The maximum absolute atomic E-state index is 11.9. The molecule has 0 amide bonds. The maximum Gasteiger partial charge on any atom is 0.323 e. The van der Waals surface area contributed by atoms with Gasteiger partial charge >= 0.3 is 5.97 Å². The van der Waals surface area contributed by atoms with Crippen molar-refractivity contribution in [3.8, 4) is 0 Å². The number of carbonyl (C=O) groups excluding carboxylic acids is 1. The third-order valence-corrected chi connectivity index (χ3v) is 3.27. The summed E-state index contributed by atoms with van der Waals surface area (Å²) in [7, 11) is 1.97. The second-order valence-electron chi connectivity index (χ2n) is 4.92. The molecular formula is C13H26N2O2. The van der Waals surface area contributed by atoms with Crippen LogP contribution in [0.1, 0.15) is 33.1 Å². The smallest absolute Gasteiger partial charge is 0.323 e. The summed E-state index contributed by atoms with van der Waals surface area (Å²) in [5.41, 5.74) is 0. The highest BCUT2D eigenvalue weighted by molar-refractivity contribution is 5.75. The van der Waals surface area contributed by atoms with Crippen molar-refractivity contribution < 1.29 is 9.53 Å². The average molecular weight is 242 g/mol. The van der Waals surface area contributed by atoms with E-state index in [9.17, 15) is 4.79 Å². The number of hydrogen-bond donors (Lipinski definition) is 1. The number of nitrogens with zero attached hydrogens (tertiary/aromatic N) is 1. The van der Waals surface area contributed by atoms with Crippen LogP contribution in [0.2, 0.25) is 0 Å². The van der Waals surface area contributed by atoms with Gasteiger partial charge in [0.2, 0.25) is 0 Å². The van der Waals surface area contributed by atoms with Gasteiger partial charge < -0.3 is 10.1 Å². The molecule has 0 spiro atoms. The van der Waals surface area contributed by atoms with Crippen LogP contribution in [-0.4, -0.2) is 50.2 Å². The Balaban J connectivity index is 2.50. The molecule has 4 heteroatoms. The number of rotatable bonds is 6. The van der Waals surface area contributed by atoms with Gasteiger partial charge in [0.05, 0.1) is 6.61 Å². The Hall–Kier alpha value is -0.610. The number of likely N-dealkylation sites (tertiary alicyclic amines) is 1. The first-order valence-electron chi connectivity index (χ1n) is 6.74. The lowest BCUT2D eigenvalue weighted by Crippen LogP contribution is -2.48. The standard InChI is InChI=1S/C13H26N2O2/c1-4-17-13(16)12-7-5-6-8-15(12)10-11(2)9-14-3/h11-12,14H,4-10H2,1-3H3. The van der Waals surface area contributed by atoms with Crippen molar-refractivity contribution in [3.05, 3.63) is 0 Å². The molecule has 2 unspecified atom stereocenters. The number of carbonyl (C=O) groups is 1. The summed E-state index contributed by atoms with van der Waals surface area (Å²) < 4.78 is 5.16. The fourth-order valence-corrected chi connectivity index (χ4v) is 2.53. The van der Waals surface area contributed by atoms with E-state index in [1.807, 2.05) is 14.0 Å². The summed E-state index contributed by atoms with van der Waals surface area (Å²) >= 11 is 0. The van der Waals surface area contributed by atoms with Gasteiger partial charge in [-0.1, -0.05) is 13.3 Å². The molecule has 2 atom stereocenters. The van der Waals surface area contributed by atoms with Crippen molar-refractivity contribution in [3.63, 3.8) is 0 Å². The predicted octanol–water partition coefficient (Wildman–Crippen LogP) is 1.26. The van der Waals surface area contributed by atoms with Crippen LogP contribution in [0.25, 0.3) is 0 Å². The van der Waals surface area contributed by atoms with Gasteiger partial charge in [0, 0.05) is 6.54 Å². The Morgan fingerprint density at radius 2 is 2.29 bits per heavy atom. The fraction of sp³-hybridized carbons (Fsp3) is 0.923. The predicted molar refractivity (Wildman–Crippen MR) is 68.9 cm³/mol. The lowest BCUT2D eigenvalue weighted by atomic mass is 10.00. The Morgan fingerprint density at radius 3 is 2.94 bits per heavy atom. The first-order chi connectivity index (χ1) is 8.19. The molecule has 0 aromatic carbocycles. The highest BCUT2D eigenvalue weighted by atomic mass is 16.5. The molecule has 1 saturated heterocycles. The van der Waals surface area contributed by atoms with Crippen LogP contribution in [0.15, 0.2) is 0 Å². The first-order valence-corrected chi connectivity index (χ1v) is 6.74. The zero-order valence-corrected chi connectivity index (χ0v) is 11.4. The van der Waals surface area contributed by atoms with Gasteiger partial charge in [-0.2, -0.15) is 0 Å². The van der Waals surface area contributed by atoms with E-state index in [0.717, 1.165) is 32.5 Å². The molecule has 1 heterocycles. The highest BCUT2D eigenvalue weighted by Crippen LogP contribution is 2.19. The summed E-state index contributed by atoms with van der Waals surface area (Å²) in [4.78, 5) is 14.2. The topological polar surface area (TPSA) is 41.6 Å². The molecule has 1 N–H and O–H groups in total. The largest absolute Gasteiger partial charge is 0.465 e. The van der Waals surface area contributed by atoms with Crippen LogP contribution in [0, 0.1) is 5.92 Å². The SMILES string of the molecule is CCOC(=O)C1CCCCN1CC(C)CNC. The third kappa shape index (κ3) is 4.64. The van der Waals surface area contributed by atoms with Gasteiger partial charge in [-0.05, 0) is 45.8 Å². The van der Waals surface area contributed by atoms with Gasteiger partial charge in [-0.3, -0.25) is 9.69 Å². The molecule has 4 nitrogen and oxygen atoms in total. The van der Waals surface area contributed by atoms with E-state index in [2.05, 4.69) is 17.1 Å². The third-order valence-electron chi connectivity index (χ3n) is 3.27. The molecule has 1 aliphatic rings. The maximum atomic E-state index is 11.9. The van der Waals surface area contributed by atoms with Gasteiger partial charge in [0.1, 0.15) is 6.04 Å². The summed E-state index contributed by atoms with van der Waals surface area (Å²) in [6.07, 6.45) is 3.29. The quantitative estimate of drug-likeness (QED) is 0.712. The van der Waals surface area contributed by atoms with Crippen LogP contribution in [0.3, 0.4) is 0 Å². The van der Waals surface area contributed by atoms with Crippen molar-refractivity contribution in [2.75, 3.05) is 33.3 Å². The van der Waals surface area contributed by atoms with E-state index in [1.54, 1.807) is 0 Å². The Labute approximate surface area is 105 Å². The summed E-state index contributed by atoms with van der Waals surface area (Å²) in [6, 6.07) is -0.0111. The highest BCUT2D eigenvalue weighted by Gasteiger charge is 2.30. The average Bonchev–Trinajstić information content (AvgIpc) is 2.30. The van der Waals surface area contributed by atoms with Crippen LogP contribution in [-0.2, 0) is 9.53 Å². The molecule has 0 saturated carbocycles. The minimum Gasteiger partial charge on any atom is -0.465 e. The van der Waals surface area contributed by atoms with Crippen LogP contribution >= 0.6 is 0 Å². The summed E-state index contributed by atoms with van der Waals surface area (Å²) in [6.45, 7) is 7.56. The number of esters is 1. The molecule has 0 aromatic heterocycles. The Bertz CT molecular complexity index is 233. The molecule has 1 fully saturated rings. The van der Waals surface area contributed by atoms with E-state index in [-0.39, 0.29) is 12.0 Å². The summed E-state index contributed by atoms with van der Waals surface area (Å²) in [5, 5.41) is 3.18. The van der Waals surface area contributed by atoms with Gasteiger partial charge in [0.25, 0.3) is 0 Å². The van der Waals surface area contributed by atoms with Crippen molar-refractivity contribution in [1.29, 1.82) is 0 Å². The first kappa shape index (κ1) is 14.5. The molecule has 17 heavy (non-hydrogen) atoms. The molecular weight excluding hydrogens is 216 g/mol. The van der Waals surface area contributed by atoms with E-state index >= 15 is 0 Å². The second kappa shape index (κ2) is 7.67.